The first-order valence-corrected chi connectivity index (χ1v) is 5.65. The Morgan fingerprint density at radius 2 is 2.14 bits per heavy atom. The minimum Gasteiger partial charge on any atom is -0.485 e. The van der Waals surface area contributed by atoms with Crippen molar-refractivity contribution in [2.45, 2.75) is 12.2 Å². The van der Waals surface area contributed by atoms with E-state index < -0.39 is 6.10 Å². The molecule has 0 amide bonds. The van der Waals surface area contributed by atoms with Gasteiger partial charge in [0.05, 0.1) is 3.57 Å². The molecule has 2 rings (SSSR count). The number of ether oxygens (including phenoxy) is 1. The van der Waals surface area contributed by atoms with Crippen molar-refractivity contribution >= 4 is 22.6 Å². The highest BCUT2D eigenvalue weighted by Gasteiger charge is 2.26. The summed E-state index contributed by atoms with van der Waals surface area (Å²) in [6.07, 6.45) is -0.517. The largest absolute Gasteiger partial charge is 0.485 e. The van der Waals surface area contributed by atoms with Gasteiger partial charge in [0.2, 0.25) is 0 Å². The van der Waals surface area contributed by atoms with Crippen molar-refractivity contribution in [3.63, 3.8) is 0 Å². The van der Waals surface area contributed by atoms with Crippen molar-refractivity contribution < 1.29 is 9.84 Å². The number of aliphatic hydroxyl groups is 1. The van der Waals surface area contributed by atoms with Crippen molar-refractivity contribution in [3.05, 3.63) is 27.8 Å². The van der Waals surface area contributed by atoms with Gasteiger partial charge in [-0.2, -0.15) is 0 Å². The van der Waals surface area contributed by atoms with E-state index in [1.54, 1.807) is 0 Å². The molecule has 0 saturated carbocycles. The van der Waals surface area contributed by atoms with E-state index in [-0.39, 0.29) is 6.10 Å². The number of hydrogen-bond donors (Lipinski definition) is 2. The zero-order chi connectivity index (χ0) is 9.97. The third kappa shape index (κ3) is 2.18. The van der Waals surface area contributed by atoms with E-state index in [2.05, 4.69) is 27.9 Å². The monoisotopic (exact) mass is 305 g/mol. The highest BCUT2D eigenvalue weighted by atomic mass is 127. The standard InChI is InChI=1S/C10H12INO2/c11-7-3-1-2-4-9(7)14-10-6-12-5-8(10)13/h1-4,8,10,12-13H,5-6H2. The maximum Gasteiger partial charge on any atom is 0.138 e. The molecule has 0 aromatic heterocycles. The van der Waals surface area contributed by atoms with Gasteiger partial charge < -0.3 is 15.2 Å². The number of halogens is 1. The number of β-amino-alcohol motifs (C(OH)–C–C–N with tert-alkyl or cyclic N) is 1. The molecule has 14 heavy (non-hydrogen) atoms. The zero-order valence-electron chi connectivity index (χ0n) is 7.61. The predicted octanol–water partition coefficient (Wildman–Crippen LogP) is 1.00. The molecule has 0 spiro atoms. The van der Waals surface area contributed by atoms with Gasteiger partial charge in [0.15, 0.2) is 0 Å². The second kappa shape index (κ2) is 4.46. The molecule has 2 unspecified atom stereocenters. The smallest absolute Gasteiger partial charge is 0.138 e. The maximum absolute atomic E-state index is 9.55. The van der Waals surface area contributed by atoms with Gasteiger partial charge in [0.25, 0.3) is 0 Å². The lowest BCUT2D eigenvalue weighted by molar-refractivity contribution is 0.0732. The summed E-state index contributed by atoms with van der Waals surface area (Å²) in [7, 11) is 0. The van der Waals surface area contributed by atoms with Crippen molar-refractivity contribution in [2.75, 3.05) is 13.1 Å². The van der Waals surface area contributed by atoms with Crippen LogP contribution in [0.2, 0.25) is 0 Å². The molecule has 76 valence electrons. The minimum absolute atomic E-state index is 0.120. The molecule has 1 fully saturated rings. The molecule has 1 aliphatic rings. The molecule has 3 nitrogen and oxygen atoms in total. The molecule has 2 atom stereocenters. The molecule has 0 radical (unpaired) electrons. The highest BCUT2D eigenvalue weighted by molar-refractivity contribution is 14.1. The van der Waals surface area contributed by atoms with Gasteiger partial charge in [-0.05, 0) is 34.7 Å². The molecular weight excluding hydrogens is 293 g/mol. The minimum atomic E-state index is -0.397. The summed E-state index contributed by atoms with van der Waals surface area (Å²) in [6.45, 7) is 1.33. The first-order valence-electron chi connectivity index (χ1n) is 4.57. The van der Waals surface area contributed by atoms with Crippen LogP contribution in [0, 0.1) is 3.57 Å². The van der Waals surface area contributed by atoms with E-state index in [4.69, 9.17) is 4.74 Å². The fourth-order valence-corrected chi connectivity index (χ4v) is 1.98. The molecule has 1 heterocycles. The van der Waals surface area contributed by atoms with Crippen LogP contribution >= 0.6 is 22.6 Å². The number of para-hydroxylation sites is 1. The summed E-state index contributed by atoms with van der Waals surface area (Å²) >= 11 is 2.23. The Morgan fingerprint density at radius 1 is 1.36 bits per heavy atom. The van der Waals surface area contributed by atoms with Crippen LogP contribution in [0.5, 0.6) is 5.75 Å². The van der Waals surface area contributed by atoms with Gasteiger partial charge in [-0.1, -0.05) is 12.1 Å². The van der Waals surface area contributed by atoms with Crippen molar-refractivity contribution in [1.29, 1.82) is 0 Å². The van der Waals surface area contributed by atoms with Crippen LogP contribution in [0.4, 0.5) is 0 Å². The van der Waals surface area contributed by atoms with Crippen LogP contribution in [-0.2, 0) is 0 Å². The predicted molar refractivity (Wildman–Crippen MR) is 62.5 cm³/mol. The summed E-state index contributed by atoms with van der Waals surface area (Å²) in [5.41, 5.74) is 0. The summed E-state index contributed by atoms with van der Waals surface area (Å²) in [4.78, 5) is 0. The fourth-order valence-electron chi connectivity index (χ4n) is 1.46. The molecule has 1 aromatic carbocycles. The van der Waals surface area contributed by atoms with Crippen LogP contribution in [-0.4, -0.2) is 30.4 Å². The van der Waals surface area contributed by atoms with Gasteiger partial charge in [-0.25, -0.2) is 0 Å². The van der Waals surface area contributed by atoms with E-state index in [9.17, 15) is 5.11 Å². The van der Waals surface area contributed by atoms with Crippen molar-refractivity contribution in [2.24, 2.45) is 0 Å². The van der Waals surface area contributed by atoms with Gasteiger partial charge in [0.1, 0.15) is 18.0 Å². The number of nitrogens with one attached hydrogen (secondary N) is 1. The Labute approximate surface area is 96.6 Å². The van der Waals surface area contributed by atoms with E-state index in [1.165, 1.54) is 0 Å². The number of rotatable bonds is 2. The Balaban J connectivity index is 2.07. The Bertz CT molecular complexity index is 319. The third-order valence-corrected chi connectivity index (χ3v) is 3.13. The second-order valence-electron chi connectivity index (χ2n) is 3.31. The molecule has 0 aliphatic carbocycles. The van der Waals surface area contributed by atoms with Crippen LogP contribution in [0.1, 0.15) is 0 Å². The summed E-state index contributed by atoms with van der Waals surface area (Å²) in [5, 5.41) is 12.6. The second-order valence-corrected chi connectivity index (χ2v) is 4.47. The number of benzene rings is 1. The van der Waals surface area contributed by atoms with Crippen molar-refractivity contribution in [1.82, 2.24) is 5.32 Å². The summed E-state index contributed by atoms with van der Waals surface area (Å²) in [6, 6.07) is 7.82. The number of aliphatic hydroxyl groups excluding tert-OH is 1. The summed E-state index contributed by atoms with van der Waals surface area (Å²) in [5.74, 6) is 0.848. The van der Waals surface area contributed by atoms with E-state index >= 15 is 0 Å². The quantitative estimate of drug-likeness (QED) is 0.801. The Kier molecular flexibility index (Phi) is 3.25. The molecule has 1 aliphatic heterocycles. The van der Waals surface area contributed by atoms with E-state index in [1.807, 2.05) is 24.3 Å². The molecular formula is C10H12INO2. The molecule has 4 heteroatoms. The topological polar surface area (TPSA) is 41.5 Å². The van der Waals surface area contributed by atoms with Crippen LogP contribution in [0.15, 0.2) is 24.3 Å². The molecule has 1 saturated heterocycles. The molecule has 1 aromatic rings. The SMILES string of the molecule is OC1CNCC1Oc1ccccc1I. The number of hydrogen-bond acceptors (Lipinski definition) is 3. The Hall–Kier alpha value is -0.330. The Morgan fingerprint density at radius 3 is 2.79 bits per heavy atom. The van der Waals surface area contributed by atoms with Gasteiger partial charge in [-0.15, -0.1) is 0 Å². The van der Waals surface area contributed by atoms with Crippen molar-refractivity contribution in [3.8, 4) is 5.75 Å². The first-order chi connectivity index (χ1) is 6.77. The third-order valence-electron chi connectivity index (χ3n) is 2.24. The van der Waals surface area contributed by atoms with Gasteiger partial charge in [-0.3, -0.25) is 0 Å². The fraction of sp³-hybridized carbons (Fsp3) is 0.400. The highest BCUT2D eigenvalue weighted by Crippen LogP contribution is 2.22. The summed E-state index contributed by atoms with van der Waals surface area (Å²) < 4.78 is 6.77. The average molecular weight is 305 g/mol. The maximum atomic E-state index is 9.55. The normalized spacial score (nSPS) is 26.4. The zero-order valence-corrected chi connectivity index (χ0v) is 9.77. The first kappa shape index (κ1) is 10.2. The lowest BCUT2D eigenvalue weighted by Gasteiger charge is -2.16. The molecule has 0 bridgehead atoms. The van der Waals surface area contributed by atoms with Crippen LogP contribution in [0.25, 0.3) is 0 Å². The lowest BCUT2D eigenvalue weighted by Crippen LogP contribution is -2.30. The van der Waals surface area contributed by atoms with Crippen LogP contribution < -0.4 is 10.1 Å². The van der Waals surface area contributed by atoms with Crippen LogP contribution in [0.3, 0.4) is 0 Å². The van der Waals surface area contributed by atoms with Gasteiger partial charge >= 0.3 is 0 Å². The van der Waals surface area contributed by atoms with E-state index in [0.29, 0.717) is 13.1 Å². The molecule has 2 N–H and O–H groups in total. The van der Waals surface area contributed by atoms with Gasteiger partial charge in [0, 0.05) is 13.1 Å². The average Bonchev–Trinajstić information content (AvgIpc) is 2.56. The lowest BCUT2D eigenvalue weighted by atomic mass is 10.2. The van der Waals surface area contributed by atoms with E-state index in [0.717, 1.165) is 9.32 Å².